The minimum atomic E-state index is -0.0771. The number of Topliss-reactive ketones (excluding diaryl/α,β-unsaturated/α-hetero) is 1. The van der Waals surface area contributed by atoms with Crippen molar-refractivity contribution in [2.75, 3.05) is 0 Å². The number of fused-ring (bicyclic) bond motifs is 1. The molecule has 1 aliphatic rings. The van der Waals surface area contributed by atoms with Crippen LogP contribution in [-0.4, -0.2) is 5.78 Å². The number of nitriles is 2. The topological polar surface area (TPSA) is 64.7 Å². The average molecular weight is 222 g/mol. The molecule has 0 fully saturated rings. The number of allylic oxidation sites excluding steroid dienone is 2. The summed E-state index contributed by atoms with van der Waals surface area (Å²) in [4.78, 5) is 11.9. The molecule has 0 saturated carbocycles. The van der Waals surface area contributed by atoms with Crippen LogP contribution in [0.3, 0.4) is 0 Å². The highest BCUT2D eigenvalue weighted by atomic mass is 16.1. The molecule has 17 heavy (non-hydrogen) atoms. The maximum Gasteiger partial charge on any atom is 0.164 e. The summed E-state index contributed by atoms with van der Waals surface area (Å²) in [6, 6.07) is 11.0. The lowest BCUT2D eigenvalue weighted by molar-refractivity contribution is 0.0968. The van der Waals surface area contributed by atoms with Crippen molar-refractivity contribution in [3.63, 3.8) is 0 Å². The Labute approximate surface area is 99.6 Å². The SMILES string of the molecule is CC1CC(=O)c2ccccc2C1=C(C#N)C#N. The molecule has 0 N–H and O–H groups in total. The molecule has 0 spiro atoms. The molecular formula is C14H10N2O. The molecule has 0 bridgehead atoms. The van der Waals surface area contributed by atoms with Crippen LogP contribution in [-0.2, 0) is 0 Å². The number of rotatable bonds is 0. The number of ketones is 1. The third-order valence-corrected chi connectivity index (χ3v) is 2.99. The first-order valence-corrected chi connectivity index (χ1v) is 5.36. The molecule has 1 aromatic carbocycles. The summed E-state index contributed by atoms with van der Waals surface area (Å²) in [7, 11) is 0. The van der Waals surface area contributed by atoms with Crippen LogP contribution < -0.4 is 0 Å². The summed E-state index contributed by atoms with van der Waals surface area (Å²) in [5, 5.41) is 17.9. The fourth-order valence-corrected chi connectivity index (χ4v) is 2.24. The van der Waals surface area contributed by atoms with Gasteiger partial charge in [0.1, 0.15) is 17.7 Å². The van der Waals surface area contributed by atoms with Crippen LogP contribution in [0.15, 0.2) is 29.8 Å². The van der Waals surface area contributed by atoms with Crippen LogP contribution in [0.1, 0.15) is 29.3 Å². The maximum atomic E-state index is 11.9. The van der Waals surface area contributed by atoms with E-state index in [-0.39, 0.29) is 17.3 Å². The van der Waals surface area contributed by atoms with E-state index >= 15 is 0 Å². The van der Waals surface area contributed by atoms with E-state index in [1.54, 1.807) is 18.2 Å². The van der Waals surface area contributed by atoms with Gasteiger partial charge in [0.15, 0.2) is 5.78 Å². The Morgan fingerprint density at radius 2 is 1.82 bits per heavy atom. The first kappa shape index (κ1) is 11.1. The first-order chi connectivity index (χ1) is 8.19. The van der Waals surface area contributed by atoms with Gasteiger partial charge in [0.05, 0.1) is 0 Å². The lowest BCUT2D eigenvalue weighted by Gasteiger charge is -2.23. The van der Waals surface area contributed by atoms with Crippen molar-refractivity contribution in [2.45, 2.75) is 13.3 Å². The molecule has 0 aromatic heterocycles. The van der Waals surface area contributed by atoms with Crippen molar-refractivity contribution >= 4 is 11.4 Å². The summed E-state index contributed by atoms with van der Waals surface area (Å²) >= 11 is 0. The molecule has 0 radical (unpaired) electrons. The van der Waals surface area contributed by atoms with E-state index in [0.29, 0.717) is 17.6 Å². The third kappa shape index (κ3) is 1.73. The van der Waals surface area contributed by atoms with Gasteiger partial charge in [-0.1, -0.05) is 31.2 Å². The fourth-order valence-electron chi connectivity index (χ4n) is 2.24. The zero-order valence-corrected chi connectivity index (χ0v) is 9.40. The zero-order valence-electron chi connectivity index (χ0n) is 9.40. The van der Waals surface area contributed by atoms with Crippen LogP contribution in [0.5, 0.6) is 0 Å². The Kier molecular flexibility index (Phi) is 2.77. The fraction of sp³-hybridized carbons (Fsp3) is 0.214. The predicted octanol–water partition coefficient (Wildman–Crippen LogP) is 2.71. The molecule has 1 aromatic rings. The van der Waals surface area contributed by atoms with Gasteiger partial charge in [-0.25, -0.2) is 0 Å². The normalized spacial score (nSPS) is 17.9. The zero-order chi connectivity index (χ0) is 12.4. The van der Waals surface area contributed by atoms with Crippen molar-refractivity contribution in [1.29, 1.82) is 10.5 Å². The minimum Gasteiger partial charge on any atom is -0.294 e. The molecule has 0 aliphatic heterocycles. The van der Waals surface area contributed by atoms with E-state index in [2.05, 4.69) is 0 Å². The van der Waals surface area contributed by atoms with Crippen LogP contribution >= 0.6 is 0 Å². The van der Waals surface area contributed by atoms with Gasteiger partial charge in [-0.2, -0.15) is 10.5 Å². The molecule has 82 valence electrons. The van der Waals surface area contributed by atoms with E-state index in [0.717, 1.165) is 5.56 Å². The Hall–Kier alpha value is -2.39. The minimum absolute atomic E-state index is 0.0760. The molecule has 0 heterocycles. The third-order valence-electron chi connectivity index (χ3n) is 2.99. The smallest absolute Gasteiger partial charge is 0.164 e. The monoisotopic (exact) mass is 222 g/mol. The van der Waals surface area contributed by atoms with Gasteiger partial charge in [-0.15, -0.1) is 0 Å². The highest BCUT2D eigenvalue weighted by Gasteiger charge is 2.28. The molecule has 3 heteroatoms. The number of carbonyl (C=O) groups is 1. The van der Waals surface area contributed by atoms with Crippen LogP contribution in [0.25, 0.3) is 5.57 Å². The maximum absolute atomic E-state index is 11.9. The molecule has 1 aliphatic carbocycles. The molecule has 3 nitrogen and oxygen atoms in total. The Morgan fingerprint density at radius 1 is 1.24 bits per heavy atom. The quantitative estimate of drug-likeness (QED) is 0.634. The Morgan fingerprint density at radius 3 is 2.41 bits per heavy atom. The van der Waals surface area contributed by atoms with Gasteiger partial charge in [-0.05, 0) is 17.1 Å². The second-order valence-electron chi connectivity index (χ2n) is 4.09. The second kappa shape index (κ2) is 4.23. The van der Waals surface area contributed by atoms with Crippen molar-refractivity contribution in [3.05, 3.63) is 41.0 Å². The summed E-state index contributed by atoms with van der Waals surface area (Å²) in [5.74, 6) is -0.00113. The lowest BCUT2D eigenvalue weighted by Crippen LogP contribution is -2.18. The molecule has 0 saturated heterocycles. The van der Waals surface area contributed by atoms with Gasteiger partial charge in [0, 0.05) is 12.0 Å². The summed E-state index contributed by atoms with van der Waals surface area (Å²) in [5.41, 5.74) is 2.15. The van der Waals surface area contributed by atoms with E-state index in [1.807, 2.05) is 25.1 Å². The van der Waals surface area contributed by atoms with Crippen LogP contribution in [0.2, 0.25) is 0 Å². The highest BCUT2D eigenvalue weighted by Crippen LogP contribution is 2.36. The highest BCUT2D eigenvalue weighted by molar-refractivity contribution is 6.05. The summed E-state index contributed by atoms with van der Waals surface area (Å²) in [6.07, 6.45) is 0.360. The summed E-state index contributed by atoms with van der Waals surface area (Å²) < 4.78 is 0. The summed E-state index contributed by atoms with van der Waals surface area (Å²) in [6.45, 7) is 1.87. The van der Waals surface area contributed by atoms with Crippen LogP contribution in [0, 0.1) is 28.6 Å². The number of hydrogen-bond acceptors (Lipinski definition) is 3. The predicted molar refractivity (Wildman–Crippen MR) is 62.7 cm³/mol. The van der Waals surface area contributed by atoms with E-state index in [9.17, 15) is 4.79 Å². The number of benzene rings is 1. The second-order valence-corrected chi connectivity index (χ2v) is 4.09. The van der Waals surface area contributed by atoms with E-state index in [1.165, 1.54) is 0 Å². The van der Waals surface area contributed by atoms with Crippen molar-refractivity contribution in [3.8, 4) is 12.1 Å². The Balaban J connectivity index is 2.76. The van der Waals surface area contributed by atoms with Crippen molar-refractivity contribution in [2.24, 2.45) is 5.92 Å². The van der Waals surface area contributed by atoms with Crippen molar-refractivity contribution < 1.29 is 4.79 Å². The number of hydrogen-bond donors (Lipinski definition) is 0. The van der Waals surface area contributed by atoms with Gasteiger partial charge >= 0.3 is 0 Å². The van der Waals surface area contributed by atoms with E-state index < -0.39 is 0 Å². The number of nitrogens with zero attached hydrogens (tertiary/aromatic N) is 2. The van der Waals surface area contributed by atoms with E-state index in [4.69, 9.17) is 10.5 Å². The standard InChI is InChI=1S/C14H10N2O/c1-9-6-13(17)11-4-2-3-5-12(11)14(9)10(7-15)8-16/h2-5,9H,6H2,1H3. The van der Waals surface area contributed by atoms with Gasteiger partial charge in [0.2, 0.25) is 0 Å². The van der Waals surface area contributed by atoms with Gasteiger partial charge in [0.25, 0.3) is 0 Å². The average Bonchev–Trinajstić information content (AvgIpc) is 2.34. The molecular weight excluding hydrogens is 212 g/mol. The molecule has 0 amide bonds. The van der Waals surface area contributed by atoms with Gasteiger partial charge < -0.3 is 0 Å². The van der Waals surface area contributed by atoms with Gasteiger partial charge in [-0.3, -0.25) is 4.79 Å². The molecule has 2 rings (SSSR count). The lowest BCUT2D eigenvalue weighted by atomic mass is 9.78. The van der Waals surface area contributed by atoms with Crippen molar-refractivity contribution in [1.82, 2.24) is 0 Å². The Bertz CT molecular complexity index is 583. The molecule has 1 unspecified atom stereocenters. The first-order valence-electron chi connectivity index (χ1n) is 5.36. The number of carbonyl (C=O) groups excluding carboxylic acids is 1. The molecule has 1 atom stereocenters. The largest absolute Gasteiger partial charge is 0.294 e. The van der Waals surface area contributed by atoms with Crippen LogP contribution in [0.4, 0.5) is 0 Å².